The molecule has 1 aliphatic rings. The van der Waals surface area contributed by atoms with Gasteiger partial charge in [0.1, 0.15) is 0 Å². The van der Waals surface area contributed by atoms with Crippen molar-refractivity contribution in [1.82, 2.24) is 0 Å². The minimum atomic E-state index is 0.0175. The molecule has 1 aliphatic heterocycles. The van der Waals surface area contributed by atoms with Crippen molar-refractivity contribution in [2.24, 2.45) is 5.92 Å². The van der Waals surface area contributed by atoms with Gasteiger partial charge in [0, 0.05) is 12.8 Å². The van der Waals surface area contributed by atoms with Crippen LogP contribution in [-0.4, -0.2) is 25.7 Å². The van der Waals surface area contributed by atoms with Gasteiger partial charge in [-0.25, -0.2) is 0 Å². The molecule has 104 valence electrons. The van der Waals surface area contributed by atoms with Gasteiger partial charge < -0.3 is 21.1 Å². The zero-order valence-corrected chi connectivity index (χ0v) is 11.6. The Labute approximate surface area is 113 Å². The first-order chi connectivity index (χ1) is 9.01. The maximum absolute atomic E-state index is 11.4. The van der Waals surface area contributed by atoms with E-state index in [1.54, 1.807) is 7.11 Å². The molecular formula is C14H21N3O2. The van der Waals surface area contributed by atoms with Crippen LogP contribution in [0.5, 0.6) is 0 Å². The van der Waals surface area contributed by atoms with Crippen LogP contribution in [0.15, 0.2) is 12.1 Å². The summed E-state index contributed by atoms with van der Waals surface area (Å²) in [5, 5.41) is 6.22. The summed E-state index contributed by atoms with van der Waals surface area (Å²) >= 11 is 0. The van der Waals surface area contributed by atoms with E-state index in [2.05, 4.69) is 24.5 Å². The zero-order chi connectivity index (χ0) is 14.0. The molecule has 0 aromatic heterocycles. The number of benzene rings is 1. The van der Waals surface area contributed by atoms with Gasteiger partial charge in [0.15, 0.2) is 0 Å². The summed E-state index contributed by atoms with van der Waals surface area (Å²) in [6.45, 7) is 4.87. The van der Waals surface area contributed by atoms with Gasteiger partial charge >= 0.3 is 0 Å². The normalized spacial score (nSPS) is 15.3. The minimum absolute atomic E-state index is 0.0175. The minimum Gasteiger partial charge on any atom is -0.397 e. The number of methoxy groups -OCH3 is 1. The zero-order valence-electron chi connectivity index (χ0n) is 11.6. The van der Waals surface area contributed by atoms with E-state index < -0.39 is 0 Å². The molecule has 1 atom stereocenters. The molecule has 1 aromatic rings. The molecule has 0 saturated heterocycles. The number of fused-ring (bicyclic) bond motifs is 1. The third-order valence-corrected chi connectivity index (χ3v) is 3.39. The summed E-state index contributed by atoms with van der Waals surface area (Å²) in [5.74, 6) is 0.436. The van der Waals surface area contributed by atoms with E-state index in [9.17, 15) is 4.79 Å². The Hall–Kier alpha value is -1.75. The van der Waals surface area contributed by atoms with Crippen LogP contribution < -0.4 is 16.4 Å². The fourth-order valence-electron chi connectivity index (χ4n) is 2.20. The number of nitrogens with two attached hydrogens (primary N) is 1. The first-order valence-electron chi connectivity index (χ1n) is 6.49. The van der Waals surface area contributed by atoms with Crippen LogP contribution in [0.4, 0.5) is 17.1 Å². The lowest BCUT2D eigenvalue weighted by molar-refractivity contribution is -0.115. The first kappa shape index (κ1) is 13.7. The summed E-state index contributed by atoms with van der Waals surface area (Å²) in [5.41, 5.74) is 9.36. The van der Waals surface area contributed by atoms with Crippen LogP contribution in [0, 0.1) is 5.92 Å². The Balaban J connectivity index is 2.21. The number of nitrogen functional groups attached to an aromatic ring is 1. The maximum atomic E-state index is 11.4. The van der Waals surface area contributed by atoms with Crippen molar-refractivity contribution >= 4 is 23.0 Å². The lowest BCUT2D eigenvalue weighted by Crippen LogP contribution is -2.30. The molecule has 2 rings (SSSR count). The van der Waals surface area contributed by atoms with Crippen molar-refractivity contribution in [3.05, 3.63) is 17.7 Å². The van der Waals surface area contributed by atoms with E-state index in [4.69, 9.17) is 10.5 Å². The molecule has 0 spiro atoms. The standard InChI is InChI=1S/C14H21N3O2/c1-8(2)13(7-19-3)16-12-6-11-9(4-10(12)15)5-14(18)17-11/h4,6,8,13,16H,5,7,15H2,1-3H3,(H,17,18). The topological polar surface area (TPSA) is 76.4 Å². The highest BCUT2D eigenvalue weighted by Gasteiger charge is 2.21. The molecule has 1 amide bonds. The van der Waals surface area contributed by atoms with Crippen LogP contribution in [-0.2, 0) is 16.0 Å². The van der Waals surface area contributed by atoms with E-state index >= 15 is 0 Å². The van der Waals surface area contributed by atoms with Gasteiger partial charge in [-0.15, -0.1) is 0 Å². The van der Waals surface area contributed by atoms with Crippen LogP contribution >= 0.6 is 0 Å². The van der Waals surface area contributed by atoms with Crippen molar-refractivity contribution in [3.63, 3.8) is 0 Å². The van der Waals surface area contributed by atoms with Gasteiger partial charge in [-0.3, -0.25) is 4.79 Å². The highest BCUT2D eigenvalue weighted by molar-refractivity contribution is 6.00. The number of nitrogens with one attached hydrogen (secondary N) is 2. The second kappa shape index (κ2) is 5.48. The quantitative estimate of drug-likeness (QED) is 0.709. The Morgan fingerprint density at radius 1 is 1.47 bits per heavy atom. The first-order valence-corrected chi connectivity index (χ1v) is 6.49. The SMILES string of the molecule is COCC(Nc1cc2c(cc1N)CC(=O)N2)C(C)C. The third kappa shape index (κ3) is 2.98. The van der Waals surface area contributed by atoms with Gasteiger partial charge in [-0.05, 0) is 23.6 Å². The van der Waals surface area contributed by atoms with Gasteiger partial charge in [0.05, 0.1) is 30.4 Å². The molecule has 5 nitrogen and oxygen atoms in total. The molecule has 0 aliphatic carbocycles. The number of carbonyl (C=O) groups is 1. The summed E-state index contributed by atoms with van der Waals surface area (Å²) in [6.07, 6.45) is 0.408. The fourth-order valence-corrected chi connectivity index (χ4v) is 2.20. The Morgan fingerprint density at radius 3 is 2.84 bits per heavy atom. The number of rotatable bonds is 5. The predicted molar refractivity (Wildman–Crippen MR) is 77.3 cm³/mol. The van der Waals surface area contributed by atoms with Crippen LogP contribution in [0.2, 0.25) is 0 Å². The molecule has 5 heteroatoms. The Bertz CT molecular complexity index is 486. The molecule has 0 radical (unpaired) electrons. The average Bonchev–Trinajstić information content (AvgIpc) is 2.67. The van der Waals surface area contributed by atoms with E-state index in [-0.39, 0.29) is 11.9 Å². The average molecular weight is 263 g/mol. The summed E-state index contributed by atoms with van der Waals surface area (Å²) in [7, 11) is 1.68. The van der Waals surface area contributed by atoms with Crippen molar-refractivity contribution in [2.45, 2.75) is 26.3 Å². The number of ether oxygens (including phenoxy) is 1. The summed E-state index contributed by atoms with van der Waals surface area (Å²) in [6, 6.07) is 3.95. The Morgan fingerprint density at radius 2 is 2.21 bits per heavy atom. The molecule has 0 fully saturated rings. The van der Waals surface area contributed by atoms with E-state index in [0.29, 0.717) is 24.6 Å². The second-order valence-corrected chi connectivity index (χ2v) is 5.27. The van der Waals surface area contributed by atoms with Crippen LogP contribution in [0.25, 0.3) is 0 Å². The second-order valence-electron chi connectivity index (χ2n) is 5.27. The lowest BCUT2D eigenvalue weighted by Gasteiger charge is -2.24. The third-order valence-electron chi connectivity index (χ3n) is 3.39. The van der Waals surface area contributed by atoms with Crippen LogP contribution in [0.1, 0.15) is 19.4 Å². The van der Waals surface area contributed by atoms with Gasteiger partial charge in [-0.1, -0.05) is 13.8 Å². The van der Waals surface area contributed by atoms with Gasteiger partial charge in [0.2, 0.25) is 5.91 Å². The van der Waals surface area contributed by atoms with Crippen molar-refractivity contribution in [3.8, 4) is 0 Å². The van der Waals surface area contributed by atoms with Crippen molar-refractivity contribution < 1.29 is 9.53 Å². The molecule has 0 bridgehead atoms. The fraction of sp³-hybridized carbons (Fsp3) is 0.500. The van der Waals surface area contributed by atoms with Gasteiger partial charge in [-0.2, -0.15) is 0 Å². The van der Waals surface area contributed by atoms with E-state index in [1.165, 1.54) is 0 Å². The summed E-state index contributed by atoms with van der Waals surface area (Å²) < 4.78 is 5.21. The molecular weight excluding hydrogens is 242 g/mol. The molecule has 1 unspecified atom stereocenters. The highest BCUT2D eigenvalue weighted by atomic mass is 16.5. The van der Waals surface area contributed by atoms with E-state index in [1.807, 2.05) is 12.1 Å². The molecule has 4 N–H and O–H groups in total. The number of hydrogen-bond donors (Lipinski definition) is 3. The van der Waals surface area contributed by atoms with Gasteiger partial charge in [0.25, 0.3) is 0 Å². The lowest BCUT2D eigenvalue weighted by atomic mass is 10.0. The molecule has 19 heavy (non-hydrogen) atoms. The van der Waals surface area contributed by atoms with Crippen LogP contribution in [0.3, 0.4) is 0 Å². The molecule has 1 heterocycles. The van der Waals surface area contributed by atoms with E-state index in [0.717, 1.165) is 16.9 Å². The molecule has 1 aromatic carbocycles. The Kier molecular flexibility index (Phi) is 3.95. The monoisotopic (exact) mass is 263 g/mol. The predicted octanol–water partition coefficient (Wildman–Crippen LogP) is 1.85. The van der Waals surface area contributed by atoms with Crippen molar-refractivity contribution in [1.29, 1.82) is 0 Å². The van der Waals surface area contributed by atoms with Crippen molar-refractivity contribution in [2.75, 3.05) is 30.1 Å². The largest absolute Gasteiger partial charge is 0.397 e. The highest BCUT2D eigenvalue weighted by Crippen LogP contribution is 2.32. The number of hydrogen-bond acceptors (Lipinski definition) is 4. The number of carbonyl (C=O) groups excluding carboxylic acids is 1. The smallest absolute Gasteiger partial charge is 0.228 e. The number of anilines is 3. The summed E-state index contributed by atoms with van der Waals surface area (Å²) in [4.78, 5) is 11.4. The number of amides is 1. The molecule has 0 saturated carbocycles. The maximum Gasteiger partial charge on any atom is 0.228 e.